The second-order valence-corrected chi connectivity index (χ2v) is 10.7. The average Bonchev–Trinajstić information content (AvgIpc) is 3.25. The molecule has 3 amide bonds. The van der Waals surface area contributed by atoms with Crippen molar-refractivity contribution in [2.45, 2.75) is 63.7 Å². The first-order valence-corrected chi connectivity index (χ1v) is 12.5. The van der Waals surface area contributed by atoms with Crippen molar-refractivity contribution in [2.24, 2.45) is 17.6 Å². The van der Waals surface area contributed by atoms with Crippen LogP contribution in [-0.2, 0) is 14.4 Å². The van der Waals surface area contributed by atoms with Gasteiger partial charge in [-0.25, -0.2) is 0 Å². The summed E-state index contributed by atoms with van der Waals surface area (Å²) in [6.07, 6.45) is 1.56. The number of nitrogens with one attached hydrogen (secondary N) is 1. The Morgan fingerprint density at radius 1 is 1.17 bits per heavy atom. The lowest BCUT2D eigenvalue weighted by atomic mass is 10.0. The first-order chi connectivity index (χ1) is 16.5. The standard InChI is InChI=1S/C26H37N5O4/c1-6-19(27)24(34)31-14-21(32)22-20(31)11-12-30(22)25(35)26(13-18(26)15(2)3)28-23(33)16-7-9-17(10-8-16)29(4)5/h7-10,15,18-20,22H,6,11-14,27H2,1-5H3,(H,28,33)/t18?,19-,20+,22-,26?/m0/s1. The molecule has 2 heterocycles. The Kier molecular flexibility index (Phi) is 6.66. The van der Waals surface area contributed by atoms with Gasteiger partial charge in [-0.2, -0.15) is 0 Å². The topological polar surface area (TPSA) is 116 Å². The lowest BCUT2D eigenvalue weighted by Crippen LogP contribution is -2.55. The fourth-order valence-corrected chi connectivity index (χ4v) is 5.70. The van der Waals surface area contributed by atoms with E-state index in [9.17, 15) is 19.2 Å². The van der Waals surface area contributed by atoms with Crippen LogP contribution in [0.15, 0.2) is 24.3 Å². The van der Waals surface area contributed by atoms with Crippen LogP contribution >= 0.6 is 0 Å². The molecular formula is C26H37N5O4. The Morgan fingerprint density at radius 2 is 1.83 bits per heavy atom. The molecule has 9 heteroatoms. The number of Topliss-reactive ketones (excluding diaryl/α,β-unsaturated/α-hetero) is 1. The molecule has 0 bridgehead atoms. The molecule has 1 aromatic rings. The third kappa shape index (κ3) is 4.30. The van der Waals surface area contributed by atoms with Gasteiger partial charge in [0.15, 0.2) is 5.78 Å². The summed E-state index contributed by atoms with van der Waals surface area (Å²) in [4.78, 5) is 57.9. The van der Waals surface area contributed by atoms with Crippen molar-refractivity contribution in [3.05, 3.63) is 29.8 Å². The number of nitrogens with zero attached hydrogens (tertiary/aromatic N) is 3. The smallest absolute Gasteiger partial charge is 0.252 e. The van der Waals surface area contributed by atoms with E-state index in [2.05, 4.69) is 5.32 Å². The molecule has 1 aliphatic carbocycles. The van der Waals surface area contributed by atoms with Crippen LogP contribution in [0.3, 0.4) is 0 Å². The highest BCUT2D eigenvalue weighted by Gasteiger charge is 2.65. The summed E-state index contributed by atoms with van der Waals surface area (Å²) in [5.41, 5.74) is 6.38. The number of nitrogens with two attached hydrogens (primary N) is 1. The second kappa shape index (κ2) is 9.26. The van der Waals surface area contributed by atoms with Gasteiger partial charge in [-0.15, -0.1) is 0 Å². The predicted molar refractivity (Wildman–Crippen MR) is 133 cm³/mol. The highest BCUT2D eigenvalue weighted by molar-refractivity contribution is 6.04. The van der Waals surface area contributed by atoms with Gasteiger partial charge in [0.2, 0.25) is 11.8 Å². The molecule has 1 saturated carbocycles. The fourth-order valence-electron chi connectivity index (χ4n) is 5.70. The van der Waals surface area contributed by atoms with Crippen LogP contribution in [0.5, 0.6) is 0 Å². The number of anilines is 1. The quantitative estimate of drug-likeness (QED) is 0.598. The van der Waals surface area contributed by atoms with Crippen molar-refractivity contribution in [3.63, 3.8) is 0 Å². The van der Waals surface area contributed by atoms with E-state index in [1.807, 2.05) is 51.9 Å². The minimum atomic E-state index is -1.03. The molecule has 3 aliphatic rings. The highest BCUT2D eigenvalue weighted by atomic mass is 16.2. The zero-order chi connectivity index (χ0) is 25.7. The summed E-state index contributed by atoms with van der Waals surface area (Å²) in [7, 11) is 3.86. The minimum Gasteiger partial charge on any atom is -0.378 e. The maximum Gasteiger partial charge on any atom is 0.252 e. The van der Waals surface area contributed by atoms with Gasteiger partial charge in [0.25, 0.3) is 5.91 Å². The maximum absolute atomic E-state index is 13.9. The maximum atomic E-state index is 13.9. The lowest BCUT2D eigenvalue weighted by molar-refractivity contribution is -0.139. The van der Waals surface area contributed by atoms with Crippen LogP contribution in [0.1, 0.15) is 50.4 Å². The van der Waals surface area contributed by atoms with Crippen LogP contribution in [-0.4, -0.2) is 84.2 Å². The molecule has 3 N–H and O–H groups in total. The normalized spacial score (nSPS) is 28.2. The van der Waals surface area contributed by atoms with Gasteiger partial charge in [-0.3, -0.25) is 19.2 Å². The third-order valence-corrected chi connectivity index (χ3v) is 7.91. The number of amides is 3. The van der Waals surface area contributed by atoms with Crippen molar-refractivity contribution >= 4 is 29.2 Å². The van der Waals surface area contributed by atoms with E-state index in [4.69, 9.17) is 5.73 Å². The molecule has 4 rings (SSSR count). The minimum absolute atomic E-state index is 0.0122. The number of hydrogen-bond acceptors (Lipinski definition) is 6. The highest BCUT2D eigenvalue weighted by Crippen LogP contribution is 2.51. The molecule has 2 saturated heterocycles. The summed E-state index contributed by atoms with van der Waals surface area (Å²) in [5, 5.41) is 3.04. The number of fused-ring (bicyclic) bond motifs is 1. The van der Waals surface area contributed by atoms with Crippen LogP contribution in [0.25, 0.3) is 0 Å². The summed E-state index contributed by atoms with van der Waals surface area (Å²) in [6, 6.07) is 5.57. The molecule has 0 aromatic heterocycles. The van der Waals surface area contributed by atoms with Crippen molar-refractivity contribution in [3.8, 4) is 0 Å². The Hall–Kier alpha value is -2.94. The molecule has 2 unspecified atom stereocenters. The Bertz CT molecular complexity index is 1020. The molecule has 2 aliphatic heterocycles. The molecule has 9 nitrogen and oxygen atoms in total. The molecule has 0 radical (unpaired) electrons. The van der Waals surface area contributed by atoms with Gasteiger partial charge >= 0.3 is 0 Å². The van der Waals surface area contributed by atoms with Crippen LogP contribution < -0.4 is 16.0 Å². The Balaban J connectivity index is 1.54. The number of carbonyl (C=O) groups is 4. The van der Waals surface area contributed by atoms with E-state index < -0.39 is 17.6 Å². The van der Waals surface area contributed by atoms with Gasteiger partial charge in [0, 0.05) is 31.9 Å². The van der Waals surface area contributed by atoms with Gasteiger partial charge < -0.3 is 25.8 Å². The Labute approximate surface area is 207 Å². The third-order valence-electron chi connectivity index (χ3n) is 7.91. The molecular weight excluding hydrogens is 446 g/mol. The summed E-state index contributed by atoms with van der Waals surface area (Å²) < 4.78 is 0. The van der Waals surface area contributed by atoms with E-state index in [0.29, 0.717) is 31.4 Å². The lowest BCUT2D eigenvalue weighted by Gasteiger charge is -2.30. The SMILES string of the molecule is CC[C@H](N)C(=O)N1CC(=O)[C@@H]2[C@H]1CCN2C(=O)C1(NC(=O)c2ccc(N(C)C)cc2)CC1C(C)C. The van der Waals surface area contributed by atoms with Crippen LogP contribution in [0, 0.1) is 11.8 Å². The molecule has 0 spiro atoms. The number of carbonyl (C=O) groups excluding carboxylic acids is 4. The molecule has 190 valence electrons. The van der Waals surface area contributed by atoms with Gasteiger partial charge in [-0.05, 0) is 55.4 Å². The van der Waals surface area contributed by atoms with Crippen LogP contribution in [0.2, 0.25) is 0 Å². The molecule has 35 heavy (non-hydrogen) atoms. The predicted octanol–water partition coefficient (Wildman–Crippen LogP) is 1.02. The summed E-state index contributed by atoms with van der Waals surface area (Å²) >= 11 is 0. The summed E-state index contributed by atoms with van der Waals surface area (Å²) in [6.45, 7) is 6.28. The van der Waals surface area contributed by atoms with Crippen molar-refractivity contribution < 1.29 is 19.2 Å². The van der Waals surface area contributed by atoms with Crippen molar-refractivity contribution in [1.29, 1.82) is 0 Å². The number of hydrogen-bond donors (Lipinski definition) is 2. The fraction of sp³-hybridized carbons (Fsp3) is 0.615. The number of benzene rings is 1. The molecule has 3 fully saturated rings. The van der Waals surface area contributed by atoms with Crippen LogP contribution in [0.4, 0.5) is 5.69 Å². The monoisotopic (exact) mass is 483 g/mol. The van der Waals surface area contributed by atoms with E-state index >= 15 is 0 Å². The summed E-state index contributed by atoms with van der Waals surface area (Å²) in [5.74, 6) is -0.718. The largest absolute Gasteiger partial charge is 0.378 e. The number of likely N-dealkylation sites (tertiary alicyclic amines) is 2. The van der Waals surface area contributed by atoms with Gasteiger partial charge in [0.1, 0.15) is 11.6 Å². The first kappa shape index (κ1) is 25.2. The number of rotatable bonds is 7. The van der Waals surface area contributed by atoms with Crippen molar-refractivity contribution in [2.75, 3.05) is 32.1 Å². The van der Waals surface area contributed by atoms with E-state index in [1.54, 1.807) is 21.9 Å². The molecule has 1 aromatic carbocycles. The average molecular weight is 484 g/mol. The zero-order valence-electron chi connectivity index (χ0n) is 21.3. The van der Waals surface area contributed by atoms with E-state index in [1.165, 1.54) is 0 Å². The molecule has 5 atom stereocenters. The van der Waals surface area contributed by atoms with E-state index in [0.717, 1.165) is 5.69 Å². The zero-order valence-corrected chi connectivity index (χ0v) is 21.3. The number of ketones is 1. The Morgan fingerprint density at radius 3 is 2.37 bits per heavy atom. The van der Waals surface area contributed by atoms with Gasteiger partial charge in [-0.1, -0.05) is 20.8 Å². The van der Waals surface area contributed by atoms with Crippen molar-refractivity contribution in [1.82, 2.24) is 15.1 Å². The van der Waals surface area contributed by atoms with E-state index in [-0.39, 0.29) is 47.9 Å². The first-order valence-electron chi connectivity index (χ1n) is 12.5. The second-order valence-electron chi connectivity index (χ2n) is 10.7. The van der Waals surface area contributed by atoms with Gasteiger partial charge in [0.05, 0.1) is 18.6 Å².